The van der Waals surface area contributed by atoms with Crippen molar-refractivity contribution in [2.24, 2.45) is 5.92 Å². The molecule has 0 aliphatic carbocycles. The lowest BCUT2D eigenvalue weighted by Gasteiger charge is -2.36. The topological polar surface area (TPSA) is 105 Å². The molecule has 2 aromatic rings. The lowest BCUT2D eigenvalue weighted by Crippen LogP contribution is -2.47. The van der Waals surface area contributed by atoms with E-state index in [0.29, 0.717) is 23.8 Å². The van der Waals surface area contributed by atoms with Crippen molar-refractivity contribution in [3.8, 4) is 0 Å². The predicted molar refractivity (Wildman–Crippen MR) is 96.4 cm³/mol. The largest absolute Gasteiger partial charge is 0.490 e. The molecule has 0 unspecified atom stereocenters. The van der Waals surface area contributed by atoms with E-state index in [1.54, 1.807) is 6.07 Å². The number of likely N-dealkylation sites (tertiary alicyclic amines) is 2. The molecule has 0 aromatic carbocycles. The Balaban J connectivity index is 0.000000318. The molecule has 0 saturated carbocycles. The summed E-state index contributed by atoms with van der Waals surface area (Å²) in [6.45, 7) is 2.48. The third-order valence-corrected chi connectivity index (χ3v) is 5.50. The van der Waals surface area contributed by atoms with Crippen molar-refractivity contribution in [3.63, 3.8) is 0 Å². The third kappa shape index (κ3) is 4.99. The van der Waals surface area contributed by atoms with Crippen molar-refractivity contribution < 1.29 is 32.4 Å². The van der Waals surface area contributed by atoms with Crippen molar-refractivity contribution in [3.05, 3.63) is 36.5 Å². The number of alkyl halides is 3. The van der Waals surface area contributed by atoms with Crippen LogP contribution in [0.1, 0.15) is 23.4 Å². The Bertz CT molecular complexity index is 841. The van der Waals surface area contributed by atoms with E-state index >= 15 is 0 Å². The van der Waals surface area contributed by atoms with E-state index in [1.807, 2.05) is 28.0 Å². The minimum atomic E-state index is -5.08. The van der Waals surface area contributed by atoms with Crippen LogP contribution in [0, 0.1) is 5.92 Å². The summed E-state index contributed by atoms with van der Waals surface area (Å²) in [5.74, 6) is -1.95. The van der Waals surface area contributed by atoms with E-state index in [2.05, 4.69) is 22.2 Å². The predicted octanol–water partition coefficient (Wildman–Crippen LogP) is 1.74. The summed E-state index contributed by atoms with van der Waals surface area (Å²) in [5, 5.41) is 15.1. The number of fused-ring (bicyclic) bond motifs is 1. The number of likely N-dealkylation sites (N-methyl/N-ethyl adjacent to an activating group) is 1. The first-order valence-electron chi connectivity index (χ1n) is 9.36. The maximum absolute atomic E-state index is 12.4. The van der Waals surface area contributed by atoms with Crippen LogP contribution in [0.3, 0.4) is 0 Å². The van der Waals surface area contributed by atoms with Crippen molar-refractivity contribution >= 4 is 11.9 Å². The van der Waals surface area contributed by atoms with Gasteiger partial charge in [-0.3, -0.25) is 14.4 Å². The lowest BCUT2D eigenvalue weighted by molar-refractivity contribution is -0.192. The van der Waals surface area contributed by atoms with Gasteiger partial charge >= 0.3 is 12.1 Å². The third-order valence-electron chi connectivity index (χ3n) is 5.50. The zero-order valence-corrected chi connectivity index (χ0v) is 16.2. The zero-order valence-electron chi connectivity index (χ0n) is 16.2. The van der Waals surface area contributed by atoms with Crippen LogP contribution in [0.5, 0.6) is 0 Å². The highest BCUT2D eigenvalue weighted by Crippen LogP contribution is 2.35. The number of rotatable bonds is 3. The Morgan fingerprint density at radius 3 is 2.63 bits per heavy atom. The van der Waals surface area contributed by atoms with Crippen molar-refractivity contribution in [2.75, 3.05) is 20.1 Å². The second-order valence-electron chi connectivity index (χ2n) is 7.33. The quantitative estimate of drug-likeness (QED) is 0.792. The van der Waals surface area contributed by atoms with Gasteiger partial charge in [0.25, 0.3) is 5.91 Å². The number of aromatic nitrogens is 3. The molecule has 4 rings (SSSR count). The molecular weight excluding hydrogens is 407 g/mol. The normalized spacial score (nSPS) is 24.1. The summed E-state index contributed by atoms with van der Waals surface area (Å²) >= 11 is 0. The van der Waals surface area contributed by atoms with Gasteiger partial charge in [0.1, 0.15) is 0 Å². The van der Waals surface area contributed by atoms with Gasteiger partial charge in [0.15, 0.2) is 0 Å². The smallest absolute Gasteiger partial charge is 0.475 e. The van der Waals surface area contributed by atoms with Crippen LogP contribution in [0.25, 0.3) is 0 Å². The van der Waals surface area contributed by atoms with E-state index in [9.17, 15) is 18.0 Å². The van der Waals surface area contributed by atoms with Gasteiger partial charge in [-0.25, -0.2) is 4.79 Å². The molecule has 1 N–H and O–H groups in total. The molecule has 1 amide bonds. The molecule has 30 heavy (non-hydrogen) atoms. The van der Waals surface area contributed by atoms with Gasteiger partial charge in [0, 0.05) is 43.6 Å². The van der Waals surface area contributed by atoms with Gasteiger partial charge in [-0.15, -0.1) is 0 Å². The van der Waals surface area contributed by atoms with E-state index < -0.39 is 12.1 Å². The van der Waals surface area contributed by atoms with Crippen molar-refractivity contribution in [2.45, 2.75) is 37.6 Å². The van der Waals surface area contributed by atoms with Crippen LogP contribution in [0.15, 0.2) is 35.2 Å². The molecule has 0 bridgehead atoms. The number of hydrogen-bond acceptors (Lipinski definition) is 6. The highest BCUT2D eigenvalue weighted by Gasteiger charge is 2.43. The number of carbonyl (C=O) groups is 2. The number of halogens is 3. The molecule has 12 heteroatoms. The molecule has 4 heterocycles. The Labute approximate surface area is 170 Å². The van der Waals surface area contributed by atoms with E-state index in [4.69, 9.17) is 14.4 Å². The van der Waals surface area contributed by atoms with Gasteiger partial charge in [0.2, 0.25) is 5.76 Å². The number of nitrogens with zero attached hydrogens (tertiary/aromatic N) is 5. The summed E-state index contributed by atoms with van der Waals surface area (Å²) in [6, 6.07) is 4.62. The van der Waals surface area contributed by atoms with Crippen LogP contribution < -0.4 is 0 Å². The Hall–Kier alpha value is -2.89. The molecule has 2 aliphatic heterocycles. The molecule has 2 aromatic heterocycles. The maximum atomic E-state index is 12.4. The minimum Gasteiger partial charge on any atom is -0.475 e. The van der Waals surface area contributed by atoms with Crippen LogP contribution in [-0.4, -0.2) is 80.1 Å². The first-order chi connectivity index (χ1) is 14.2. The summed E-state index contributed by atoms with van der Waals surface area (Å²) in [6.07, 6.45) is 2.37. The summed E-state index contributed by atoms with van der Waals surface area (Å²) in [5.41, 5.74) is 0. The Morgan fingerprint density at radius 1 is 1.33 bits per heavy atom. The second-order valence-corrected chi connectivity index (χ2v) is 7.33. The Morgan fingerprint density at radius 2 is 2.07 bits per heavy atom. The van der Waals surface area contributed by atoms with E-state index in [0.717, 1.165) is 32.5 Å². The first-order valence-corrected chi connectivity index (χ1v) is 9.36. The molecular formula is C18H22F3N5O4. The van der Waals surface area contributed by atoms with Gasteiger partial charge in [-0.2, -0.15) is 18.3 Å². The second kappa shape index (κ2) is 8.86. The van der Waals surface area contributed by atoms with Gasteiger partial charge < -0.3 is 14.5 Å². The van der Waals surface area contributed by atoms with Crippen molar-refractivity contribution in [1.82, 2.24) is 24.7 Å². The number of piperidine rings is 1. The van der Waals surface area contributed by atoms with Crippen molar-refractivity contribution in [1.29, 1.82) is 0 Å². The maximum Gasteiger partial charge on any atom is 0.490 e. The zero-order chi connectivity index (χ0) is 21.9. The molecule has 2 saturated heterocycles. The number of carbonyl (C=O) groups excluding carboxylic acids is 1. The number of amides is 1. The summed E-state index contributed by atoms with van der Waals surface area (Å²) in [7, 11) is 2.20. The lowest BCUT2D eigenvalue weighted by atomic mass is 9.92. The van der Waals surface area contributed by atoms with Gasteiger partial charge in [-0.05, 0) is 31.9 Å². The SMILES string of the molecule is CN1[C@H](Cn2cccn2)C[C@@H]2CN(C(=O)c3ccno3)CC[C@@H]21.O=C(O)C(F)(F)F. The molecule has 0 spiro atoms. The first kappa shape index (κ1) is 21.8. The molecule has 9 nitrogen and oxygen atoms in total. The molecule has 2 aliphatic rings. The summed E-state index contributed by atoms with van der Waals surface area (Å²) in [4.78, 5) is 25.7. The monoisotopic (exact) mass is 429 g/mol. The fourth-order valence-corrected chi connectivity index (χ4v) is 4.07. The van der Waals surface area contributed by atoms with Gasteiger partial charge in [0.05, 0.1) is 12.7 Å². The van der Waals surface area contributed by atoms with Crippen LogP contribution >= 0.6 is 0 Å². The molecule has 2 fully saturated rings. The summed E-state index contributed by atoms with van der Waals surface area (Å²) < 4.78 is 38.7. The Kier molecular flexibility index (Phi) is 6.44. The fraction of sp³-hybridized carbons (Fsp3) is 0.556. The van der Waals surface area contributed by atoms with Crippen LogP contribution in [-0.2, 0) is 11.3 Å². The standard InChI is InChI=1S/C16H21N5O2.C2HF3O2/c1-19-13(11-21-7-2-5-17-21)9-12-10-20(8-4-14(12)19)16(22)15-3-6-18-23-15;3-2(4,5)1(6)7/h2-3,5-7,12-14H,4,8-11H2,1H3;(H,6,7)/t12-,13+,14+;/m1./s1. The molecule has 164 valence electrons. The molecule has 3 atom stereocenters. The van der Waals surface area contributed by atoms with Crippen LogP contribution in [0.2, 0.25) is 0 Å². The number of hydrogen-bond donors (Lipinski definition) is 1. The number of carboxylic acid groups (broad SMARTS) is 1. The average Bonchev–Trinajstić information content (AvgIpc) is 3.44. The van der Waals surface area contributed by atoms with Crippen LogP contribution in [0.4, 0.5) is 13.2 Å². The fourth-order valence-electron chi connectivity index (χ4n) is 4.07. The highest BCUT2D eigenvalue weighted by atomic mass is 19.4. The number of aliphatic carboxylic acids is 1. The van der Waals surface area contributed by atoms with Gasteiger partial charge in [-0.1, -0.05) is 5.16 Å². The van der Waals surface area contributed by atoms with E-state index in [1.165, 1.54) is 6.20 Å². The average molecular weight is 429 g/mol. The number of carboxylic acids is 1. The van der Waals surface area contributed by atoms with E-state index in [-0.39, 0.29) is 5.91 Å². The molecule has 0 radical (unpaired) electrons. The minimum absolute atomic E-state index is 0.0425. The highest BCUT2D eigenvalue weighted by molar-refractivity contribution is 5.91.